The van der Waals surface area contributed by atoms with Crippen molar-refractivity contribution in [1.29, 1.82) is 0 Å². The highest BCUT2D eigenvalue weighted by molar-refractivity contribution is 7.90. The number of nitrogens with zero attached hydrogens (tertiary/aromatic N) is 2. The fraction of sp³-hybridized carbons (Fsp3) is 0.0556. The second-order valence-electron chi connectivity index (χ2n) is 5.45. The highest BCUT2D eigenvalue weighted by Crippen LogP contribution is 2.22. The summed E-state index contributed by atoms with van der Waals surface area (Å²) in [6, 6.07) is 15.4. The van der Waals surface area contributed by atoms with Gasteiger partial charge in [0.15, 0.2) is 9.84 Å². The highest BCUT2D eigenvalue weighted by atomic mass is 32.2. The molecule has 8 heteroatoms. The first kappa shape index (κ1) is 17.6. The molecule has 3 rings (SSSR count). The van der Waals surface area contributed by atoms with Crippen molar-refractivity contribution in [2.75, 3.05) is 11.6 Å². The molecule has 0 aliphatic rings. The van der Waals surface area contributed by atoms with Gasteiger partial charge in [-0.25, -0.2) is 8.42 Å². The van der Waals surface area contributed by atoms with Crippen LogP contribution >= 0.6 is 0 Å². The van der Waals surface area contributed by atoms with E-state index in [4.69, 9.17) is 4.42 Å². The van der Waals surface area contributed by atoms with Gasteiger partial charge in [0.1, 0.15) is 0 Å². The van der Waals surface area contributed by atoms with Crippen LogP contribution in [0.5, 0.6) is 0 Å². The summed E-state index contributed by atoms with van der Waals surface area (Å²) < 4.78 is 28.6. The van der Waals surface area contributed by atoms with Crippen LogP contribution in [0.3, 0.4) is 0 Å². The Morgan fingerprint density at radius 1 is 1.08 bits per heavy atom. The minimum atomic E-state index is -3.35. The van der Waals surface area contributed by atoms with Crippen LogP contribution in [0.1, 0.15) is 5.56 Å². The molecule has 0 aliphatic carbocycles. The fourth-order valence-electron chi connectivity index (χ4n) is 2.13. The number of aromatic nitrogens is 2. The number of sulfone groups is 1. The Morgan fingerprint density at radius 3 is 2.58 bits per heavy atom. The predicted octanol–water partition coefficient (Wildman–Crippen LogP) is 2.79. The monoisotopic (exact) mass is 369 g/mol. The number of nitrogens with one attached hydrogen (secondary N) is 1. The standard InChI is InChI=1S/C18H15N3O4S/c1-26(23,24)15-9-5-8-14(12-15)17-20-21-18(25-17)19-16(22)11-10-13-6-3-2-4-7-13/h2-12H,1H3,(H,19,21,22). The maximum absolute atomic E-state index is 11.9. The molecular weight excluding hydrogens is 354 g/mol. The van der Waals surface area contributed by atoms with Gasteiger partial charge >= 0.3 is 6.01 Å². The summed E-state index contributed by atoms with van der Waals surface area (Å²) in [5.74, 6) is -0.313. The molecule has 3 aromatic rings. The number of hydrogen-bond donors (Lipinski definition) is 1. The smallest absolute Gasteiger partial charge is 0.322 e. The van der Waals surface area contributed by atoms with Gasteiger partial charge < -0.3 is 4.42 Å². The van der Waals surface area contributed by atoms with Crippen molar-refractivity contribution in [2.45, 2.75) is 4.90 Å². The zero-order valence-electron chi connectivity index (χ0n) is 13.8. The van der Waals surface area contributed by atoms with E-state index in [0.29, 0.717) is 5.56 Å². The van der Waals surface area contributed by atoms with Crippen molar-refractivity contribution in [3.8, 4) is 11.5 Å². The van der Waals surface area contributed by atoms with Crippen molar-refractivity contribution < 1.29 is 17.6 Å². The SMILES string of the molecule is CS(=O)(=O)c1cccc(-c2nnc(NC(=O)C=Cc3ccccc3)o2)c1. The topological polar surface area (TPSA) is 102 Å². The van der Waals surface area contributed by atoms with Crippen LogP contribution in [-0.2, 0) is 14.6 Å². The highest BCUT2D eigenvalue weighted by Gasteiger charge is 2.13. The second kappa shape index (κ2) is 7.32. The number of hydrogen-bond acceptors (Lipinski definition) is 6. The van der Waals surface area contributed by atoms with Gasteiger partial charge in [-0.1, -0.05) is 41.5 Å². The molecule has 1 heterocycles. The van der Waals surface area contributed by atoms with Crippen molar-refractivity contribution in [3.63, 3.8) is 0 Å². The first-order valence-corrected chi connectivity index (χ1v) is 9.49. The number of carbonyl (C=O) groups excluding carboxylic acids is 1. The van der Waals surface area contributed by atoms with Crippen LogP contribution in [-0.4, -0.2) is 30.8 Å². The van der Waals surface area contributed by atoms with E-state index in [1.165, 1.54) is 18.2 Å². The summed E-state index contributed by atoms with van der Waals surface area (Å²) in [7, 11) is -3.35. The van der Waals surface area contributed by atoms with Crippen molar-refractivity contribution in [2.24, 2.45) is 0 Å². The van der Waals surface area contributed by atoms with Crippen molar-refractivity contribution >= 4 is 27.8 Å². The molecule has 1 N–H and O–H groups in total. The van der Waals surface area contributed by atoms with Crippen molar-refractivity contribution in [3.05, 3.63) is 66.2 Å². The molecule has 0 radical (unpaired) electrons. The third-order valence-electron chi connectivity index (χ3n) is 3.39. The van der Waals surface area contributed by atoms with Crippen LogP contribution < -0.4 is 5.32 Å². The van der Waals surface area contributed by atoms with Crippen LogP contribution in [0, 0.1) is 0 Å². The Hall–Kier alpha value is -3.26. The maximum atomic E-state index is 11.9. The molecule has 0 spiro atoms. The Labute approximate surface area is 150 Å². The van der Waals surface area contributed by atoms with Crippen molar-refractivity contribution in [1.82, 2.24) is 10.2 Å². The fourth-order valence-corrected chi connectivity index (χ4v) is 2.80. The lowest BCUT2D eigenvalue weighted by Crippen LogP contribution is -2.07. The van der Waals surface area contributed by atoms with Gasteiger partial charge in [-0.15, -0.1) is 5.10 Å². The van der Waals surface area contributed by atoms with E-state index >= 15 is 0 Å². The molecule has 0 atom stereocenters. The van der Waals surface area contributed by atoms with E-state index in [9.17, 15) is 13.2 Å². The molecule has 0 saturated carbocycles. The van der Waals surface area contributed by atoms with Crippen LogP contribution in [0.2, 0.25) is 0 Å². The summed E-state index contributed by atoms with van der Waals surface area (Å²) in [6.07, 6.45) is 4.12. The predicted molar refractivity (Wildman–Crippen MR) is 96.9 cm³/mol. The molecule has 0 aliphatic heterocycles. The molecule has 2 aromatic carbocycles. The molecule has 0 saturated heterocycles. The van der Waals surface area contributed by atoms with E-state index in [2.05, 4.69) is 15.5 Å². The normalized spacial score (nSPS) is 11.6. The zero-order valence-corrected chi connectivity index (χ0v) is 14.6. The molecular formula is C18H15N3O4S. The average molecular weight is 369 g/mol. The Balaban J connectivity index is 1.72. The number of carbonyl (C=O) groups is 1. The summed E-state index contributed by atoms with van der Waals surface area (Å²) in [4.78, 5) is 12.1. The summed E-state index contributed by atoms with van der Waals surface area (Å²) >= 11 is 0. The van der Waals surface area contributed by atoms with E-state index in [0.717, 1.165) is 11.8 Å². The van der Waals surface area contributed by atoms with Gasteiger partial charge in [-0.05, 0) is 29.8 Å². The first-order valence-electron chi connectivity index (χ1n) is 7.60. The van der Waals surface area contributed by atoms with Gasteiger partial charge in [-0.2, -0.15) is 0 Å². The van der Waals surface area contributed by atoms with Crippen LogP contribution in [0.4, 0.5) is 6.01 Å². The number of rotatable bonds is 5. The van der Waals surface area contributed by atoms with E-state index in [1.54, 1.807) is 18.2 Å². The van der Waals surface area contributed by atoms with Crippen LogP contribution in [0.15, 0.2) is 70.0 Å². The third kappa shape index (κ3) is 4.42. The zero-order chi connectivity index (χ0) is 18.6. The molecule has 0 bridgehead atoms. The van der Waals surface area contributed by atoms with Gasteiger partial charge in [0.2, 0.25) is 5.89 Å². The molecule has 1 amide bonds. The maximum Gasteiger partial charge on any atom is 0.322 e. The van der Waals surface area contributed by atoms with E-state index < -0.39 is 15.7 Å². The second-order valence-corrected chi connectivity index (χ2v) is 7.46. The number of benzene rings is 2. The summed E-state index contributed by atoms with van der Waals surface area (Å²) in [6.45, 7) is 0. The molecule has 0 unspecified atom stereocenters. The molecule has 26 heavy (non-hydrogen) atoms. The lowest BCUT2D eigenvalue weighted by molar-refractivity contribution is -0.112. The summed E-state index contributed by atoms with van der Waals surface area (Å²) in [5, 5.41) is 10.0. The van der Waals surface area contributed by atoms with Gasteiger partial charge in [0, 0.05) is 17.9 Å². The molecule has 0 fully saturated rings. The Bertz CT molecular complexity index is 1060. The average Bonchev–Trinajstić information content (AvgIpc) is 3.09. The largest absolute Gasteiger partial charge is 0.403 e. The molecule has 7 nitrogen and oxygen atoms in total. The van der Waals surface area contributed by atoms with E-state index in [1.807, 2.05) is 30.3 Å². The molecule has 1 aromatic heterocycles. The van der Waals surface area contributed by atoms with Gasteiger partial charge in [0.05, 0.1) is 4.90 Å². The quantitative estimate of drug-likeness (QED) is 0.694. The van der Waals surface area contributed by atoms with E-state index in [-0.39, 0.29) is 16.8 Å². The summed E-state index contributed by atoms with van der Waals surface area (Å²) in [5.41, 5.74) is 1.33. The number of anilines is 1. The lowest BCUT2D eigenvalue weighted by Gasteiger charge is -2.00. The minimum Gasteiger partial charge on any atom is -0.403 e. The van der Waals surface area contributed by atoms with Crippen LogP contribution in [0.25, 0.3) is 17.5 Å². The minimum absolute atomic E-state index is 0.0764. The Morgan fingerprint density at radius 2 is 1.85 bits per heavy atom. The van der Waals surface area contributed by atoms with Gasteiger partial charge in [-0.3, -0.25) is 10.1 Å². The Kier molecular flexibility index (Phi) is 4.94. The lowest BCUT2D eigenvalue weighted by atomic mass is 10.2. The van der Waals surface area contributed by atoms with Gasteiger partial charge in [0.25, 0.3) is 5.91 Å². The first-order chi connectivity index (χ1) is 12.4. The molecule has 132 valence electrons. The third-order valence-corrected chi connectivity index (χ3v) is 4.50. The number of amides is 1.